The molecule has 0 spiro atoms. The molecule has 6 heteroatoms. The van der Waals surface area contributed by atoms with Crippen LogP contribution in [0.4, 0.5) is 11.6 Å². The van der Waals surface area contributed by atoms with Crippen LogP contribution in [-0.4, -0.2) is 36.1 Å². The maximum atomic E-state index is 10.9. The fourth-order valence-corrected chi connectivity index (χ4v) is 0.962. The SMILES string of the molecule is C=CCNc1cc(NCC(=O)OC)ncn1. The number of carbonyl (C=O) groups excluding carboxylic acids is 1. The van der Waals surface area contributed by atoms with Crippen LogP contribution in [0.2, 0.25) is 0 Å². The Balaban J connectivity index is 2.53. The van der Waals surface area contributed by atoms with Gasteiger partial charge in [0.05, 0.1) is 7.11 Å². The molecule has 0 unspecified atom stereocenters. The van der Waals surface area contributed by atoms with Crippen molar-refractivity contribution in [2.45, 2.75) is 0 Å². The first-order valence-corrected chi connectivity index (χ1v) is 4.73. The molecule has 0 aliphatic carbocycles. The van der Waals surface area contributed by atoms with Crippen LogP contribution in [0.25, 0.3) is 0 Å². The maximum absolute atomic E-state index is 10.9. The van der Waals surface area contributed by atoms with Gasteiger partial charge in [0.2, 0.25) is 0 Å². The van der Waals surface area contributed by atoms with Crippen LogP contribution in [0.3, 0.4) is 0 Å². The molecule has 2 N–H and O–H groups in total. The van der Waals surface area contributed by atoms with E-state index in [2.05, 4.69) is 31.9 Å². The average molecular weight is 222 g/mol. The van der Waals surface area contributed by atoms with E-state index < -0.39 is 0 Å². The van der Waals surface area contributed by atoms with Gasteiger partial charge in [-0.3, -0.25) is 4.79 Å². The molecule has 0 saturated heterocycles. The number of nitrogens with one attached hydrogen (secondary N) is 2. The molecule has 0 atom stereocenters. The molecule has 0 fully saturated rings. The third kappa shape index (κ3) is 3.95. The van der Waals surface area contributed by atoms with Crippen LogP contribution in [0, 0.1) is 0 Å². The van der Waals surface area contributed by atoms with Gasteiger partial charge < -0.3 is 15.4 Å². The molecule has 0 aromatic carbocycles. The smallest absolute Gasteiger partial charge is 0.325 e. The Morgan fingerprint density at radius 2 is 2.19 bits per heavy atom. The minimum atomic E-state index is -0.348. The van der Waals surface area contributed by atoms with Crippen LogP contribution in [0.15, 0.2) is 25.0 Å². The monoisotopic (exact) mass is 222 g/mol. The minimum absolute atomic E-state index is 0.0778. The van der Waals surface area contributed by atoms with E-state index in [1.54, 1.807) is 12.1 Å². The van der Waals surface area contributed by atoms with E-state index in [4.69, 9.17) is 0 Å². The number of esters is 1. The molecule has 0 saturated carbocycles. The number of hydrogen-bond donors (Lipinski definition) is 2. The van der Waals surface area contributed by atoms with Gasteiger partial charge in [0.15, 0.2) is 0 Å². The summed E-state index contributed by atoms with van der Waals surface area (Å²) in [5.74, 6) is 0.883. The first-order chi connectivity index (χ1) is 7.76. The van der Waals surface area contributed by atoms with Gasteiger partial charge >= 0.3 is 5.97 Å². The highest BCUT2D eigenvalue weighted by Gasteiger charge is 2.01. The summed E-state index contributed by atoms with van der Waals surface area (Å²) >= 11 is 0. The lowest BCUT2D eigenvalue weighted by Crippen LogP contribution is -2.16. The molecular formula is C10H14N4O2. The van der Waals surface area contributed by atoms with Gasteiger partial charge in [-0.2, -0.15) is 0 Å². The number of anilines is 2. The number of carbonyl (C=O) groups is 1. The Labute approximate surface area is 93.7 Å². The fraction of sp³-hybridized carbons (Fsp3) is 0.300. The van der Waals surface area contributed by atoms with Crippen molar-refractivity contribution < 1.29 is 9.53 Å². The van der Waals surface area contributed by atoms with E-state index in [9.17, 15) is 4.79 Å². The van der Waals surface area contributed by atoms with Gasteiger partial charge in [0, 0.05) is 12.6 Å². The zero-order valence-electron chi connectivity index (χ0n) is 9.06. The highest BCUT2D eigenvalue weighted by atomic mass is 16.5. The predicted molar refractivity (Wildman–Crippen MR) is 61.2 cm³/mol. The zero-order chi connectivity index (χ0) is 11.8. The third-order valence-electron chi connectivity index (χ3n) is 1.74. The molecule has 0 aliphatic rings. The lowest BCUT2D eigenvalue weighted by Gasteiger charge is -2.06. The fourth-order valence-electron chi connectivity index (χ4n) is 0.962. The van der Waals surface area contributed by atoms with E-state index >= 15 is 0 Å². The Morgan fingerprint density at radius 3 is 2.81 bits per heavy atom. The highest BCUT2D eigenvalue weighted by Crippen LogP contribution is 2.07. The van der Waals surface area contributed by atoms with Crippen LogP contribution < -0.4 is 10.6 Å². The molecule has 1 rings (SSSR count). The standard InChI is InChI=1S/C10H14N4O2/c1-3-4-11-8-5-9(14-7-13-8)12-6-10(15)16-2/h3,5,7H,1,4,6H2,2H3,(H2,11,12,13,14). The largest absolute Gasteiger partial charge is 0.468 e. The van der Waals surface area contributed by atoms with Gasteiger partial charge in [-0.25, -0.2) is 9.97 Å². The van der Waals surface area contributed by atoms with Crippen LogP contribution in [0.5, 0.6) is 0 Å². The van der Waals surface area contributed by atoms with E-state index in [0.29, 0.717) is 18.2 Å². The van der Waals surface area contributed by atoms with Crippen molar-refractivity contribution in [3.05, 3.63) is 25.0 Å². The molecule has 0 aliphatic heterocycles. The van der Waals surface area contributed by atoms with Gasteiger partial charge in [0.1, 0.15) is 24.5 Å². The van der Waals surface area contributed by atoms with Crippen LogP contribution in [-0.2, 0) is 9.53 Å². The van der Waals surface area contributed by atoms with Crippen molar-refractivity contribution in [1.82, 2.24) is 9.97 Å². The van der Waals surface area contributed by atoms with Crippen LogP contribution in [0.1, 0.15) is 0 Å². The van der Waals surface area contributed by atoms with Gasteiger partial charge in [-0.15, -0.1) is 6.58 Å². The van der Waals surface area contributed by atoms with E-state index in [-0.39, 0.29) is 12.5 Å². The summed E-state index contributed by atoms with van der Waals surface area (Å²) in [5, 5.41) is 5.83. The van der Waals surface area contributed by atoms with Crippen molar-refractivity contribution in [2.24, 2.45) is 0 Å². The number of aromatic nitrogens is 2. The summed E-state index contributed by atoms with van der Waals surface area (Å²) in [6, 6.07) is 1.70. The normalized spacial score (nSPS) is 9.31. The van der Waals surface area contributed by atoms with Crippen molar-refractivity contribution in [3.63, 3.8) is 0 Å². The van der Waals surface area contributed by atoms with Crippen molar-refractivity contribution in [2.75, 3.05) is 30.8 Å². The summed E-state index contributed by atoms with van der Waals surface area (Å²) in [7, 11) is 1.33. The van der Waals surface area contributed by atoms with E-state index in [1.165, 1.54) is 13.4 Å². The lowest BCUT2D eigenvalue weighted by molar-refractivity contribution is -0.138. The Bertz CT molecular complexity index is 368. The molecule has 86 valence electrons. The molecule has 1 heterocycles. The quantitative estimate of drug-likeness (QED) is 0.544. The number of ether oxygens (including phenoxy) is 1. The van der Waals surface area contributed by atoms with E-state index in [1.807, 2.05) is 0 Å². The highest BCUT2D eigenvalue weighted by molar-refractivity contribution is 5.74. The molecule has 1 aromatic heterocycles. The summed E-state index contributed by atoms with van der Waals surface area (Å²) in [4.78, 5) is 18.8. The maximum Gasteiger partial charge on any atom is 0.325 e. The van der Waals surface area contributed by atoms with Gasteiger partial charge in [-0.05, 0) is 0 Å². The van der Waals surface area contributed by atoms with Gasteiger partial charge in [-0.1, -0.05) is 6.08 Å². The molecule has 0 radical (unpaired) electrons. The topological polar surface area (TPSA) is 76.1 Å². The second kappa shape index (κ2) is 6.39. The van der Waals surface area contributed by atoms with E-state index in [0.717, 1.165) is 0 Å². The Kier molecular flexibility index (Phi) is 4.78. The number of rotatable bonds is 6. The molecule has 1 aromatic rings. The number of hydrogen-bond acceptors (Lipinski definition) is 6. The van der Waals surface area contributed by atoms with Crippen LogP contribution >= 0.6 is 0 Å². The summed E-state index contributed by atoms with van der Waals surface area (Å²) < 4.78 is 4.49. The minimum Gasteiger partial charge on any atom is -0.468 e. The second-order valence-corrected chi connectivity index (χ2v) is 2.89. The average Bonchev–Trinajstić information content (AvgIpc) is 2.34. The number of methoxy groups -OCH3 is 1. The Hall–Kier alpha value is -2.11. The first kappa shape index (κ1) is 12.0. The summed E-state index contributed by atoms with van der Waals surface area (Å²) in [5.41, 5.74) is 0. The first-order valence-electron chi connectivity index (χ1n) is 4.73. The zero-order valence-corrected chi connectivity index (χ0v) is 9.06. The molecular weight excluding hydrogens is 208 g/mol. The second-order valence-electron chi connectivity index (χ2n) is 2.89. The molecule has 6 nitrogen and oxygen atoms in total. The lowest BCUT2D eigenvalue weighted by atomic mass is 10.5. The van der Waals surface area contributed by atoms with Crippen molar-refractivity contribution >= 4 is 17.6 Å². The molecule has 0 amide bonds. The summed E-state index contributed by atoms with van der Waals surface area (Å²) in [6.07, 6.45) is 3.13. The van der Waals surface area contributed by atoms with Gasteiger partial charge in [0.25, 0.3) is 0 Å². The molecule has 16 heavy (non-hydrogen) atoms. The van der Waals surface area contributed by atoms with Crippen molar-refractivity contribution in [3.8, 4) is 0 Å². The summed E-state index contributed by atoms with van der Waals surface area (Å²) in [6.45, 7) is 4.28. The van der Waals surface area contributed by atoms with Crippen molar-refractivity contribution in [1.29, 1.82) is 0 Å². The molecule has 0 bridgehead atoms. The predicted octanol–water partition coefficient (Wildman–Crippen LogP) is 0.659. The third-order valence-corrected chi connectivity index (χ3v) is 1.74. The number of nitrogens with zero attached hydrogens (tertiary/aromatic N) is 2. The Morgan fingerprint density at radius 1 is 1.50 bits per heavy atom.